The van der Waals surface area contributed by atoms with Crippen molar-refractivity contribution in [3.63, 3.8) is 0 Å². The van der Waals surface area contributed by atoms with Crippen molar-refractivity contribution in [3.8, 4) is 5.88 Å². The molecule has 0 saturated carbocycles. The summed E-state index contributed by atoms with van der Waals surface area (Å²) in [6.07, 6.45) is 7.13. The number of hydrogen-bond donors (Lipinski definition) is 0. The van der Waals surface area contributed by atoms with Gasteiger partial charge in [-0.1, -0.05) is 33.3 Å². The van der Waals surface area contributed by atoms with Crippen LogP contribution >= 0.6 is 0 Å². The lowest BCUT2D eigenvalue weighted by Crippen LogP contribution is -2.31. The Hall–Kier alpha value is -1.09. The third-order valence-corrected chi connectivity index (χ3v) is 3.92. The third kappa shape index (κ3) is 4.78. The second-order valence-corrected chi connectivity index (χ2v) is 6.74. The lowest BCUT2D eigenvalue weighted by molar-refractivity contribution is 0.203. The van der Waals surface area contributed by atoms with E-state index in [0.717, 1.165) is 25.5 Å². The molecule has 0 spiro atoms. The molecule has 0 bridgehead atoms. The summed E-state index contributed by atoms with van der Waals surface area (Å²) < 4.78 is 5.73. The lowest BCUT2D eigenvalue weighted by Gasteiger charge is -2.26. The Morgan fingerprint density at radius 3 is 2.50 bits per heavy atom. The SMILES string of the molecule is CC(C)(C)c1ccc(OCCCN2CCCCC2)nc1. The van der Waals surface area contributed by atoms with Crippen LogP contribution in [0.4, 0.5) is 0 Å². The first-order chi connectivity index (χ1) is 9.55. The minimum absolute atomic E-state index is 0.153. The second-order valence-electron chi connectivity index (χ2n) is 6.74. The van der Waals surface area contributed by atoms with E-state index in [1.165, 1.54) is 37.9 Å². The quantitative estimate of drug-likeness (QED) is 0.768. The van der Waals surface area contributed by atoms with Crippen LogP contribution in [0.2, 0.25) is 0 Å². The molecule has 1 fully saturated rings. The van der Waals surface area contributed by atoms with Crippen LogP contribution in [0.1, 0.15) is 52.0 Å². The number of nitrogens with zero attached hydrogens (tertiary/aromatic N) is 2. The average Bonchev–Trinajstić information content (AvgIpc) is 2.44. The number of hydrogen-bond acceptors (Lipinski definition) is 3. The van der Waals surface area contributed by atoms with Crippen LogP contribution in [-0.4, -0.2) is 36.1 Å². The molecule has 1 aromatic heterocycles. The molecule has 1 aliphatic rings. The first kappa shape index (κ1) is 15.3. The van der Waals surface area contributed by atoms with Crippen molar-refractivity contribution >= 4 is 0 Å². The molecule has 0 radical (unpaired) electrons. The van der Waals surface area contributed by atoms with Crippen molar-refractivity contribution in [2.24, 2.45) is 0 Å². The second kappa shape index (κ2) is 7.07. The van der Waals surface area contributed by atoms with E-state index < -0.39 is 0 Å². The normalized spacial score (nSPS) is 17.1. The van der Waals surface area contributed by atoms with Gasteiger partial charge in [-0.2, -0.15) is 0 Å². The van der Waals surface area contributed by atoms with E-state index in [-0.39, 0.29) is 5.41 Å². The fraction of sp³-hybridized carbons (Fsp3) is 0.706. The van der Waals surface area contributed by atoms with Crippen LogP contribution in [0, 0.1) is 0 Å². The van der Waals surface area contributed by atoms with E-state index in [4.69, 9.17) is 4.74 Å². The third-order valence-electron chi connectivity index (χ3n) is 3.92. The van der Waals surface area contributed by atoms with Gasteiger partial charge in [0.15, 0.2) is 0 Å². The van der Waals surface area contributed by atoms with Gasteiger partial charge in [-0.25, -0.2) is 4.98 Å². The Kier molecular flexibility index (Phi) is 5.41. The zero-order chi connectivity index (χ0) is 14.4. The number of ether oxygens (including phenoxy) is 1. The van der Waals surface area contributed by atoms with Crippen LogP contribution < -0.4 is 4.74 Å². The van der Waals surface area contributed by atoms with Crippen molar-refractivity contribution in [1.29, 1.82) is 0 Å². The molecule has 0 unspecified atom stereocenters. The van der Waals surface area contributed by atoms with E-state index in [0.29, 0.717) is 0 Å². The Bertz CT molecular complexity index is 388. The molecule has 3 nitrogen and oxygen atoms in total. The van der Waals surface area contributed by atoms with Crippen molar-refractivity contribution < 1.29 is 4.74 Å². The monoisotopic (exact) mass is 276 g/mol. The highest BCUT2D eigenvalue weighted by molar-refractivity contribution is 5.23. The van der Waals surface area contributed by atoms with Crippen LogP contribution in [0.3, 0.4) is 0 Å². The van der Waals surface area contributed by atoms with Gasteiger partial charge >= 0.3 is 0 Å². The fourth-order valence-corrected chi connectivity index (χ4v) is 2.56. The van der Waals surface area contributed by atoms with E-state index in [9.17, 15) is 0 Å². The van der Waals surface area contributed by atoms with E-state index in [1.54, 1.807) is 0 Å². The summed E-state index contributed by atoms with van der Waals surface area (Å²) in [4.78, 5) is 6.94. The van der Waals surface area contributed by atoms with Gasteiger partial charge in [0.2, 0.25) is 5.88 Å². The van der Waals surface area contributed by atoms with Gasteiger partial charge in [-0.3, -0.25) is 0 Å². The number of pyridine rings is 1. The van der Waals surface area contributed by atoms with Gasteiger partial charge < -0.3 is 9.64 Å². The molecule has 0 atom stereocenters. The highest BCUT2D eigenvalue weighted by Gasteiger charge is 2.14. The number of piperidine rings is 1. The maximum absolute atomic E-state index is 5.73. The minimum Gasteiger partial charge on any atom is -0.478 e. The summed E-state index contributed by atoms with van der Waals surface area (Å²) in [5.74, 6) is 0.747. The highest BCUT2D eigenvalue weighted by atomic mass is 16.5. The predicted molar refractivity (Wildman–Crippen MR) is 83.3 cm³/mol. The summed E-state index contributed by atoms with van der Waals surface area (Å²) in [5, 5.41) is 0. The minimum atomic E-state index is 0.153. The summed E-state index contributed by atoms with van der Waals surface area (Å²) in [6, 6.07) is 4.11. The molecule has 0 N–H and O–H groups in total. The Morgan fingerprint density at radius 2 is 1.90 bits per heavy atom. The van der Waals surface area contributed by atoms with Gasteiger partial charge in [0.25, 0.3) is 0 Å². The van der Waals surface area contributed by atoms with Crippen molar-refractivity contribution in [1.82, 2.24) is 9.88 Å². The molecule has 0 aromatic carbocycles. The van der Waals surface area contributed by atoms with Gasteiger partial charge in [-0.15, -0.1) is 0 Å². The Morgan fingerprint density at radius 1 is 1.15 bits per heavy atom. The Labute approximate surface area is 123 Å². The lowest BCUT2D eigenvalue weighted by atomic mass is 9.88. The smallest absolute Gasteiger partial charge is 0.213 e. The molecule has 1 aromatic rings. The van der Waals surface area contributed by atoms with Gasteiger partial charge in [0.05, 0.1) is 6.61 Å². The molecule has 2 rings (SSSR count). The van der Waals surface area contributed by atoms with Crippen LogP contribution in [0.5, 0.6) is 5.88 Å². The van der Waals surface area contributed by atoms with Crippen LogP contribution in [0.15, 0.2) is 18.3 Å². The van der Waals surface area contributed by atoms with Crippen molar-refractivity contribution in [3.05, 3.63) is 23.9 Å². The van der Waals surface area contributed by atoms with E-state index in [2.05, 4.69) is 36.7 Å². The molecule has 3 heteroatoms. The fourth-order valence-electron chi connectivity index (χ4n) is 2.56. The van der Waals surface area contributed by atoms with Crippen molar-refractivity contribution in [2.45, 2.75) is 51.9 Å². The van der Waals surface area contributed by atoms with Gasteiger partial charge in [0, 0.05) is 18.8 Å². The molecule has 112 valence electrons. The predicted octanol–water partition coefficient (Wildman–Crippen LogP) is 3.63. The summed E-state index contributed by atoms with van der Waals surface area (Å²) in [6.45, 7) is 11.0. The topological polar surface area (TPSA) is 25.4 Å². The Balaban J connectivity index is 1.68. The molecular weight excluding hydrogens is 248 g/mol. The average molecular weight is 276 g/mol. The number of aromatic nitrogens is 1. The standard InChI is InChI=1S/C17H28N2O/c1-17(2,3)15-8-9-16(18-14-15)20-13-7-12-19-10-5-4-6-11-19/h8-9,14H,4-7,10-13H2,1-3H3. The summed E-state index contributed by atoms with van der Waals surface area (Å²) >= 11 is 0. The van der Waals surface area contributed by atoms with Crippen LogP contribution in [0.25, 0.3) is 0 Å². The zero-order valence-electron chi connectivity index (χ0n) is 13.2. The van der Waals surface area contributed by atoms with Gasteiger partial charge in [-0.05, 0) is 43.3 Å². The maximum Gasteiger partial charge on any atom is 0.213 e. The summed E-state index contributed by atoms with van der Waals surface area (Å²) in [7, 11) is 0. The molecule has 1 saturated heterocycles. The number of likely N-dealkylation sites (tertiary alicyclic amines) is 1. The number of rotatable bonds is 5. The largest absolute Gasteiger partial charge is 0.478 e. The molecule has 0 aliphatic carbocycles. The van der Waals surface area contributed by atoms with Gasteiger partial charge in [0.1, 0.15) is 0 Å². The molecule has 0 amide bonds. The van der Waals surface area contributed by atoms with E-state index in [1.807, 2.05) is 12.3 Å². The molecular formula is C17H28N2O. The summed E-state index contributed by atoms with van der Waals surface area (Å²) in [5.41, 5.74) is 1.40. The molecule has 20 heavy (non-hydrogen) atoms. The van der Waals surface area contributed by atoms with Crippen LogP contribution in [-0.2, 0) is 5.41 Å². The molecule has 2 heterocycles. The van der Waals surface area contributed by atoms with Crippen molar-refractivity contribution in [2.75, 3.05) is 26.2 Å². The highest BCUT2D eigenvalue weighted by Crippen LogP contribution is 2.22. The molecule has 1 aliphatic heterocycles. The zero-order valence-corrected chi connectivity index (χ0v) is 13.2. The first-order valence-electron chi connectivity index (χ1n) is 7.87. The maximum atomic E-state index is 5.73. The first-order valence-corrected chi connectivity index (χ1v) is 7.87. The van der Waals surface area contributed by atoms with E-state index >= 15 is 0 Å².